The average molecular weight is 248 g/mol. The van der Waals surface area contributed by atoms with Crippen LogP contribution in [0.2, 0.25) is 0 Å². The molecule has 1 aromatic rings. The normalized spacial score (nSPS) is 9.40. The summed E-state index contributed by atoms with van der Waals surface area (Å²) >= 11 is 2.08. The van der Waals surface area contributed by atoms with Gasteiger partial charge in [0.2, 0.25) is 0 Å². The van der Waals surface area contributed by atoms with Gasteiger partial charge in [-0.15, -0.1) is 0 Å². The molecule has 52 valence electrons. The van der Waals surface area contributed by atoms with Crippen molar-refractivity contribution in [3.63, 3.8) is 0 Å². The lowest BCUT2D eigenvalue weighted by atomic mass is 10.4. The zero-order valence-electron chi connectivity index (χ0n) is 5.34. The molecule has 0 N–H and O–H groups in total. The van der Waals surface area contributed by atoms with Gasteiger partial charge in [-0.3, -0.25) is 4.79 Å². The highest BCUT2D eigenvalue weighted by Crippen LogP contribution is 1.99. The maximum absolute atomic E-state index is 10.6. The Hall–Kier alpha value is -0.520. The van der Waals surface area contributed by atoms with Gasteiger partial charge in [-0.25, -0.2) is 9.97 Å². The summed E-state index contributed by atoms with van der Waals surface area (Å²) in [6, 6.07) is 0. The highest BCUT2D eigenvalue weighted by Gasteiger charge is 1.99. The van der Waals surface area contributed by atoms with Crippen LogP contribution in [-0.2, 0) is 0 Å². The van der Waals surface area contributed by atoms with Gasteiger partial charge in [0.1, 0.15) is 0 Å². The number of carbonyl (C=O) groups excluding carboxylic acids is 1. The number of aromatic nitrogens is 2. The first-order chi connectivity index (χ1) is 4.70. The Balaban J connectivity index is 3.00. The number of hydrogen-bond donors (Lipinski definition) is 0. The van der Waals surface area contributed by atoms with Crippen molar-refractivity contribution in [1.82, 2.24) is 9.97 Å². The van der Waals surface area contributed by atoms with Crippen LogP contribution in [0.5, 0.6) is 0 Å². The van der Waals surface area contributed by atoms with E-state index in [0.29, 0.717) is 0 Å². The molecule has 0 saturated heterocycles. The van der Waals surface area contributed by atoms with Crippen LogP contribution in [-0.4, -0.2) is 15.8 Å². The van der Waals surface area contributed by atoms with E-state index in [2.05, 4.69) is 32.6 Å². The molecule has 1 heterocycles. The molecule has 0 spiro atoms. The van der Waals surface area contributed by atoms with Crippen molar-refractivity contribution in [2.75, 3.05) is 0 Å². The molecule has 0 atom stereocenters. The molecule has 1 rings (SSSR count). The maximum atomic E-state index is 10.6. The van der Waals surface area contributed by atoms with Gasteiger partial charge in [-0.05, 0) is 22.6 Å². The third kappa shape index (κ3) is 1.73. The summed E-state index contributed by atoms with van der Waals surface area (Å²) < 4.78 is 0.933. The van der Waals surface area contributed by atoms with Crippen molar-refractivity contribution >= 4 is 28.4 Å². The van der Waals surface area contributed by atoms with E-state index in [-0.39, 0.29) is 11.6 Å². The van der Waals surface area contributed by atoms with E-state index in [0.717, 1.165) is 3.57 Å². The van der Waals surface area contributed by atoms with Gasteiger partial charge in [-0.1, -0.05) is 0 Å². The minimum absolute atomic E-state index is 0.101. The Bertz CT molecular complexity index is 244. The van der Waals surface area contributed by atoms with Crippen LogP contribution in [0.15, 0.2) is 12.4 Å². The first-order valence-corrected chi connectivity index (χ1v) is 3.76. The smallest absolute Gasteiger partial charge is 0.196 e. The summed E-state index contributed by atoms with van der Waals surface area (Å²) in [5.74, 6) is 0.178. The predicted molar refractivity (Wildman–Crippen MR) is 44.8 cm³/mol. The number of Topliss-reactive ketones (excluding diaryl/α,β-unsaturated/α-hetero) is 1. The van der Waals surface area contributed by atoms with Crippen LogP contribution < -0.4 is 0 Å². The van der Waals surface area contributed by atoms with Crippen molar-refractivity contribution in [2.24, 2.45) is 0 Å². The molecule has 0 aliphatic heterocycles. The molecule has 0 unspecified atom stereocenters. The van der Waals surface area contributed by atoms with Gasteiger partial charge in [0, 0.05) is 22.9 Å². The van der Waals surface area contributed by atoms with Crippen LogP contribution in [0.1, 0.15) is 17.5 Å². The van der Waals surface area contributed by atoms with Gasteiger partial charge in [-0.2, -0.15) is 0 Å². The molecular weight excluding hydrogens is 243 g/mol. The van der Waals surface area contributed by atoms with Crippen molar-refractivity contribution in [3.05, 3.63) is 21.8 Å². The van der Waals surface area contributed by atoms with E-state index < -0.39 is 0 Å². The lowest BCUT2D eigenvalue weighted by Crippen LogP contribution is -1.99. The Labute approximate surface area is 72.0 Å². The summed E-state index contributed by atoms with van der Waals surface area (Å²) in [6.07, 6.45) is 3.23. The zero-order valence-corrected chi connectivity index (χ0v) is 7.49. The van der Waals surface area contributed by atoms with Gasteiger partial charge < -0.3 is 0 Å². The highest BCUT2D eigenvalue weighted by molar-refractivity contribution is 14.1. The SMILES string of the molecule is CC(=O)c1ncc(I)cn1. The molecule has 0 amide bonds. The van der Waals surface area contributed by atoms with Crippen LogP contribution >= 0.6 is 22.6 Å². The number of hydrogen-bond acceptors (Lipinski definition) is 3. The summed E-state index contributed by atoms with van der Waals surface area (Å²) in [5, 5.41) is 0. The first-order valence-electron chi connectivity index (χ1n) is 2.68. The number of halogens is 1. The van der Waals surface area contributed by atoms with Crippen molar-refractivity contribution in [2.45, 2.75) is 6.92 Å². The second-order valence-electron chi connectivity index (χ2n) is 1.78. The fraction of sp³-hybridized carbons (Fsp3) is 0.167. The molecule has 4 heteroatoms. The number of rotatable bonds is 1. The van der Waals surface area contributed by atoms with Crippen LogP contribution in [0.25, 0.3) is 0 Å². The van der Waals surface area contributed by atoms with E-state index >= 15 is 0 Å². The summed E-state index contributed by atoms with van der Waals surface area (Å²) in [5.41, 5.74) is 0. The molecule has 0 fully saturated rings. The summed E-state index contributed by atoms with van der Waals surface area (Å²) in [4.78, 5) is 18.2. The van der Waals surface area contributed by atoms with Crippen molar-refractivity contribution < 1.29 is 4.79 Å². The molecule has 10 heavy (non-hydrogen) atoms. The van der Waals surface area contributed by atoms with Gasteiger partial charge in [0.15, 0.2) is 11.6 Å². The largest absolute Gasteiger partial charge is 0.291 e. The number of carbonyl (C=O) groups is 1. The second kappa shape index (κ2) is 3.05. The molecule has 0 aliphatic rings. The second-order valence-corrected chi connectivity index (χ2v) is 3.03. The van der Waals surface area contributed by atoms with E-state index in [1.165, 1.54) is 6.92 Å². The number of ketones is 1. The lowest BCUT2D eigenvalue weighted by Gasteiger charge is -1.91. The molecule has 3 nitrogen and oxygen atoms in total. The number of nitrogens with zero attached hydrogens (tertiary/aromatic N) is 2. The van der Waals surface area contributed by atoms with Crippen molar-refractivity contribution in [3.8, 4) is 0 Å². The van der Waals surface area contributed by atoms with Crippen LogP contribution in [0, 0.1) is 3.57 Å². The van der Waals surface area contributed by atoms with Crippen LogP contribution in [0.3, 0.4) is 0 Å². The standard InChI is InChI=1S/C6H5IN2O/c1-4(10)6-8-2-5(7)3-9-6/h2-3H,1H3. The zero-order chi connectivity index (χ0) is 7.56. The fourth-order valence-corrected chi connectivity index (χ4v) is 0.773. The predicted octanol–water partition coefficient (Wildman–Crippen LogP) is 1.28. The van der Waals surface area contributed by atoms with E-state index in [4.69, 9.17) is 0 Å². The average Bonchev–Trinajstić information content (AvgIpc) is 1.88. The Morgan fingerprint density at radius 1 is 1.50 bits per heavy atom. The van der Waals surface area contributed by atoms with Gasteiger partial charge in [0.05, 0.1) is 0 Å². The Morgan fingerprint density at radius 3 is 2.40 bits per heavy atom. The molecule has 0 bridgehead atoms. The molecule has 0 saturated carbocycles. The van der Waals surface area contributed by atoms with Gasteiger partial charge >= 0.3 is 0 Å². The molecule has 0 aromatic carbocycles. The minimum Gasteiger partial charge on any atom is -0.291 e. The first kappa shape index (κ1) is 7.59. The minimum atomic E-state index is -0.101. The molecule has 0 aliphatic carbocycles. The molecule has 0 radical (unpaired) electrons. The van der Waals surface area contributed by atoms with Gasteiger partial charge in [0.25, 0.3) is 0 Å². The third-order valence-electron chi connectivity index (χ3n) is 0.935. The lowest BCUT2D eigenvalue weighted by molar-refractivity contribution is 0.100. The highest BCUT2D eigenvalue weighted by atomic mass is 127. The Kier molecular flexibility index (Phi) is 2.31. The van der Waals surface area contributed by atoms with E-state index in [1.807, 2.05) is 0 Å². The quantitative estimate of drug-likeness (QED) is 0.555. The summed E-state index contributed by atoms with van der Waals surface area (Å²) in [6.45, 7) is 1.45. The third-order valence-corrected chi connectivity index (χ3v) is 1.49. The molecular formula is C6H5IN2O. The maximum Gasteiger partial charge on any atom is 0.196 e. The molecule has 1 aromatic heterocycles. The fourth-order valence-electron chi connectivity index (χ4n) is 0.494. The topological polar surface area (TPSA) is 42.9 Å². The van der Waals surface area contributed by atoms with E-state index in [9.17, 15) is 4.79 Å². The Morgan fingerprint density at radius 2 is 2.00 bits per heavy atom. The van der Waals surface area contributed by atoms with Crippen molar-refractivity contribution in [1.29, 1.82) is 0 Å². The summed E-state index contributed by atoms with van der Waals surface area (Å²) in [7, 11) is 0. The van der Waals surface area contributed by atoms with Crippen LogP contribution in [0.4, 0.5) is 0 Å². The monoisotopic (exact) mass is 248 g/mol. The van der Waals surface area contributed by atoms with E-state index in [1.54, 1.807) is 12.4 Å².